The number of carbonyl (C=O) groups excluding carboxylic acids is 3. The number of amides is 3. The highest BCUT2D eigenvalue weighted by Gasteiger charge is 2.34. The van der Waals surface area contributed by atoms with Crippen LogP contribution in [0.25, 0.3) is 0 Å². The van der Waals surface area contributed by atoms with Crippen LogP contribution in [0.3, 0.4) is 0 Å². The number of fused-ring (bicyclic) bond motifs is 1. The van der Waals surface area contributed by atoms with Crippen molar-refractivity contribution in [2.24, 2.45) is 0 Å². The van der Waals surface area contributed by atoms with Gasteiger partial charge in [0.15, 0.2) is 0 Å². The van der Waals surface area contributed by atoms with E-state index in [1.54, 1.807) is 45.0 Å². The first kappa shape index (κ1) is 23.4. The second-order valence-corrected chi connectivity index (χ2v) is 8.26. The monoisotopic (exact) mass is 440 g/mol. The highest BCUT2D eigenvalue weighted by Crippen LogP contribution is 2.22. The molecule has 0 atom stereocenters. The molecular formula is C24H28N2O6. The summed E-state index contributed by atoms with van der Waals surface area (Å²) in [5, 5.41) is 1.13. The zero-order valence-corrected chi connectivity index (χ0v) is 18.6. The molecule has 0 saturated heterocycles. The Morgan fingerprint density at radius 3 is 2.09 bits per heavy atom. The van der Waals surface area contributed by atoms with Gasteiger partial charge >= 0.3 is 6.09 Å². The fraction of sp³-hybridized carbons (Fsp3) is 0.375. The van der Waals surface area contributed by atoms with Gasteiger partial charge in [0.05, 0.1) is 37.4 Å². The van der Waals surface area contributed by atoms with Crippen molar-refractivity contribution in [1.82, 2.24) is 9.96 Å². The van der Waals surface area contributed by atoms with E-state index in [-0.39, 0.29) is 44.7 Å². The van der Waals surface area contributed by atoms with Crippen LogP contribution in [-0.2, 0) is 20.9 Å². The van der Waals surface area contributed by atoms with Gasteiger partial charge in [-0.1, -0.05) is 42.5 Å². The van der Waals surface area contributed by atoms with Gasteiger partial charge in [0.2, 0.25) is 0 Å². The van der Waals surface area contributed by atoms with E-state index in [1.165, 1.54) is 4.90 Å². The summed E-state index contributed by atoms with van der Waals surface area (Å²) in [6.45, 7) is 6.09. The Kier molecular flexibility index (Phi) is 7.61. The lowest BCUT2D eigenvalue weighted by atomic mass is 10.1. The van der Waals surface area contributed by atoms with Crippen LogP contribution in [0, 0.1) is 0 Å². The van der Waals surface area contributed by atoms with Gasteiger partial charge in [-0.25, -0.2) is 4.79 Å². The Balaban J connectivity index is 1.48. The van der Waals surface area contributed by atoms with Crippen LogP contribution in [0.4, 0.5) is 4.79 Å². The molecule has 32 heavy (non-hydrogen) atoms. The van der Waals surface area contributed by atoms with Crippen LogP contribution in [0.5, 0.6) is 0 Å². The lowest BCUT2D eigenvalue weighted by Crippen LogP contribution is -2.39. The van der Waals surface area contributed by atoms with E-state index in [0.29, 0.717) is 11.1 Å². The van der Waals surface area contributed by atoms with Crippen molar-refractivity contribution in [3.05, 3.63) is 71.3 Å². The first-order valence-electron chi connectivity index (χ1n) is 10.5. The van der Waals surface area contributed by atoms with Crippen molar-refractivity contribution in [3.63, 3.8) is 0 Å². The molecule has 0 radical (unpaired) electrons. The lowest BCUT2D eigenvalue weighted by molar-refractivity contribution is -0.162. The number of ether oxygens (including phenoxy) is 2. The number of rotatable bonds is 9. The number of carbonyl (C=O) groups is 3. The molecule has 3 amide bonds. The average molecular weight is 440 g/mol. The van der Waals surface area contributed by atoms with Gasteiger partial charge < -0.3 is 9.47 Å². The topological polar surface area (TPSA) is 85.4 Å². The summed E-state index contributed by atoms with van der Waals surface area (Å²) in [7, 11) is 0. The smallest absolute Gasteiger partial charge is 0.434 e. The Morgan fingerprint density at radius 2 is 1.50 bits per heavy atom. The van der Waals surface area contributed by atoms with Crippen molar-refractivity contribution in [1.29, 1.82) is 0 Å². The molecule has 2 aromatic carbocycles. The molecule has 8 heteroatoms. The number of hydrogen-bond acceptors (Lipinski definition) is 6. The third-order valence-electron chi connectivity index (χ3n) is 4.60. The van der Waals surface area contributed by atoms with Gasteiger partial charge in [0, 0.05) is 0 Å². The molecular weight excluding hydrogens is 412 g/mol. The van der Waals surface area contributed by atoms with Crippen molar-refractivity contribution >= 4 is 17.9 Å². The normalized spacial score (nSPS) is 13.3. The third-order valence-corrected chi connectivity index (χ3v) is 4.60. The second kappa shape index (κ2) is 10.4. The van der Waals surface area contributed by atoms with E-state index in [4.69, 9.17) is 14.3 Å². The molecule has 1 aliphatic rings. The Morgan fingerprint density at radius 1 is 0.906 bits per heavy atom. The van der Waals surface area contributed by atoms with E-state index < -0.39 is 11.7 Å². The molecule has 0 unspecified atom stereocenters. The number of benzene rings is 2. The number of hydrogen-bond donors (Lipinski definition) is 0. The molecule has 170 valence electrons. The first-order valence-corrected chi connectivity index (χ1v) is 10.5. The summed E-state index contributed by atoms with van der Waals surface area (Å²) in [5.74, 6) is -0.647. The number of imide groups is 1. The second-order valence-electron chi connectivity index (χ2n) is 8.26. The van der Waals surface area contributed by atoms with Crippen molar-refractivity contribution in [3.8, 4) is 0 Å². The fourth-order valence-corrected chi connectivity index (χ4v) is 3.10. The van der Waals surface area contributed by atoms with Gasteiger partial charge in [0.1, 0.15) is 12.2 Å². The molecule has 0 fully saturated rings. The molecule has 8 nitrogen and oxygen atoms in total. The number of hydroxylamine groups is 2. The molecule has 3 rings (SSSR count). The maximum Gasteiger partial charge on any atom is 0.434 e. The maximum absolute atomic E-state index is 12.5. The lowest BCUT2D eigenvalue weighted by Gasteiger charge is -2.26. The molecule has 0 bridgehead atoms. The summed E-state index contributed by atoms with van der Waals surface area (Å²) < 4.78 is 11.0. The largest absolute Gasteiger partial charge is 0.442 e. The van der Waals surface area contributed by atoms with Crippen LogP contribution >= 0.6 is 0 Å². The zero-order valence-electron chi connectivity index (χ0n) is 18.6. The van der Waals surface area contributed by atoms with Gasteiger partial charge in [-0.2, -0.15) is 5.06 Å². The molecule has 0 aromatic heterocycles. The van der Waals surface area contributed by atoms with E-state index in [9.17, 15) is 14.4 Å². The minimum Gasteiger partial charge on any atom is -0.442 e. The van der Waals surface area contributed by atoms with Gasteiger partial charge in [-0.3, -0.25) is 19.3 Å². The highest BCUT2D eigenvalue weighted by molar-refractivity contribution is 6.21. The van der Waals surface area contributed by atoms with Gasteiger partial charge in [0.25, 0.3) is 11.8 Å². The minimum absolute atomic E-state index is 0.129. The van der Waals surface area contributed by atoms with E-state index in [1.807, 2.05) is 30.3 Å². The van der Waals surface area contributed by atoms with Crippen molar-refractivity contribution in [2.45, 2.75) is 33.0 Å². The van der Waals surface area contributed by atoms with E-state index >= 15 is 0 Å². The van der Waals surface area contributed by atoms with Crippen molar-refractivity contribution in [2.75, 3.05) is 26.3 Å². The van der Waals surface area contributed by atoms with Crippen LogP contribution in [0.1, 0.15) is 47.1 Å². The standard InChI is InChI=1S/C24H28N2O6/c1-24(2,3)32-23(29)26(31-17-18-9-5-4-6-10-18)14-16-30-15-13-25-21(27)19-11-7-8-12-20(19)22(25)28/h4-12H,13-17H2,1-3H3. The van der Waals surface area contributed by atoms with E-state index in [2.05, 4.69) is 0 Å². The molecule has 1 heterocycles. The number of nitrogens with zero attached hydrogens (tertiary/aromatic N) is 2. The molecule has 0 spiro atoms. The molecule has 0 aliphatic carbocycles. The molecule has 0 N–H and O–H groups in total. The van der Waals surface area contributed by atoms with Crippen molar-refractivity contribution < 1.29 is 28.7 Å². The fourth-order valence-electron chi connectivity index (χ4n) is 3.10. The Hall–Kier alpha value is -3.23. The quantitative estimate of drug-likeness (QED) is 0.336. The zero-order chi connectivity index (χ0) is 23.1. The average Bonchev–Trinajstić information content (AvgIpc) is 3.00. The summed E-state index contributed by atoms with van der Waals surface area (Å²) >= 11 is 0. The summed E-state index contributed by atoms with van der Waals surface area (Å²) in [6.07, 6.45) is -0.614. The SMILES string of the molecule is CC(C)(C)OC(=O)N(CCOCCN1C(=O)c2ccccc2C1=O)OCc1ccccc1. The highest BCUT2D eigenvalue weighted by atomic mass is 16.7. The summed E-state index contributed by atoms with van der Waals surface area (Å²) in [6, 6.07) is 16.2. The first-order chi connectivity index (χ1) is 15.3. The van der Waals surface area contributed by atoms with Crippen LogP contribution in [0.2, 0.25) is 0 Å². The van der Waals surface area contributed by atoms with Crippen LogP contribution < -0.4 is 0 Å². The predicted molar refractivity (Wildman–Crippen MR) is 117 cm³/mol. The predicted octanol–water partition coefficient (Wildman–Crippen LogP) is 3.67. The Labute approximate surface area is 187 Å². The minimum atomic E-state index is -0.669. The van der Waals surface area contributed by atoms with Gasteiger partial charge in [-0.05, 0) is 38.5 Å². The van der Waals surface area contributed by atoms with E-state index in [0.717, 1.165) is 10.6 Å². The third kappa shape index (κ3) is 6.15. The molecule has 2 aromatic rings. The van der Waals surface area contributed by atoms with Crippen LogP contribution in [0.15, 0.2) is 54.6 Å². The molecule has 1 aliphatic heterocycles. The molecule has 0 saturated carbocycles. The van der Waals surface area contributed by atoms with Crippen LogP contribution in [-0.4, -0.2) is 59.8 Å². The summed E-state index contributed by atoms with van der Waals surface area (Å²) in [4.78, 5) is 44.1. The summed E-state index contributed by atoms with van der Waals surface area (Å²) in [5.41, 5.74) is 1.05. The van der Waals surface area contributed by atoms with Gasteiger partial charge in [-0.15, -0.1) is 0 Å². The Bertz CT molecular complexity index is 919. The maximum atomic E-state index is 12.5.